The lowest BCUT2D eigenvalue weighted by atomic mass is 9.74. The lowest BCUT2D eigenvalue weighted by Gasteiger charge is -2.31. The van der Waals surface area contributed by atoms with Crippen molar-refractivity contribution in [2.24, 2.45) is 5.41 Å². The SMILES string of the molecule is O=S1(=O)CC(C2(CBr)CCOC2)c2ccccc21. The summed E-state index contributed by atoms with van der Waals surface area (Å²) in [5.74, 6) is 0.280. The van der Waals surface area contributed by atoms with Crippen LogP contribution in [-0.2, 0) is 14.6 Å². The zero-order valence-corrected chi connectivity index (χ0v) is 12.3. The van der Waals surface area contributed by atoms with Crippen molar-refractivity contribution in [1.29, 1.82) is 0 Å². The molecule has 2 atom stereocenters. The third-order valence-corrected chi connectivity index (χ3v) is 7.09. The van der Waals surface area contributed by atoms with Gasteiger partial charge in [-0.2, -0.15) is 0 Å². The van der Waals surface area contributed by atoms with E-state index < -0.39 is 9.84 Å². The van der Waals surface area contributed by atoms with Crippen molar-refractivity contribution >= 4 is 25.8 Å². The molecule has 0 spiro atoms. The number of benzene rings is 1. The molecule has 2 unspecified atom stereocenters. The lowest BCUT2D eigenvalue weighted by molar-refractivity contribution is 0.151. The molecule has 0 radical (unpaired) electrons. The second-order valence-corrected chi connectivity index (χ2v) is 7.73. The van der Waals surface area contributed by atoms with Gasteiger partial charge in [-0.05, 0) is 18.1 Å². The summed E-state index contributed by atoms with van der Waals surface area (Å²) in [7, 11) is -3.12. The molecule has 0 aromatic heterocycles. The van der Waals surface area contributed by atoms with Gasteiger partial charge in [-0.1, -0.05) is 34.1 Å². The van der Waals surface area contributed by atoms with E-state index in [0.29, 0.717) is 11.5 Å². The normalized spacial score (nSPS) is 33.5. The molecule has 5 heteroatoms. The zero-order valence-electron chi connectivity index (χ0n) is 9.93. The van der Waals surface area contributed by atoms with Gasteiger partial charge in [0.05, 0.1) is 17.3 Å². The molecule has 1 aromatic carbocycles. The molecule has 2 aliphatic rings. The minimum absolute atomic E-state index is 0.0561. The lowest BCUT2D eigenvalue weighted by Crippen LogP contribution is -2.32. The Kier molecular flexibility index (Phi) is 3.03. The van der Waals surface area contributed by atoms with Gasteiger partial charge in [-0.25, -0.2) is 8.42 Å². The highest BCUT2D eigenvalue weighted by Crippen LogP contribution is 2.50. The number of alkyl halides is 1. The van der Waals surface area contributed by atoms with Gasteiger partial charge < -0.3 is 4.74 Å². The van der Waals surface area contributed by atoms with Crippen LogP contribution in [0.5, 0.6) is 0 Å². The predicted octanol–water partition coefficient (Wildman–Crippen LogP) is 2.36. The summed E-state index contributed by atoms with van der Waals surface area (Å²) < 4.78 is 30.0. The number of sulfone groups is 1. The molecule has 0 N–H and O–H groups in total. The standard InChI is InChI=1S/C13H15BrO3S/c14-8-13(5-6-17-9-13)11-7-18(15,16)12-4-2-1-3-10(11)12/h1-4,11H,5-9H2. The van der Waals surface area contributed by atoms with Gasteiger partial charge in [0.1, 0.15) is 0 Å². The van der Waals surface area contributed by atoms with Crippen LogP contribution in [0.3, 0.4) is 0 Å². The van der Waals surface area contributed by atoms with Crippen LogP contribution in [0.4, 0.5) is 0 Å². The summed E-state index contributed by atoms with van der Waals surface area (Å²) in [4.78, 5) is 0.516. The van der Waals surface area contributed by atoms with Gasteiger partial charge >= 0.3 is 0 Å². The Balaban J connectivity index is 2.11. The molecule has 3 rings (SSSR count). The summed E-state index contributed by atoms with van der Waals surface area (Å²) in [6.07, 6.45) is 0.923. The molecule has 2 aliphatic heterocycles. The fourth-order valence-electron chi connectivity index (χ4n) is 3.05. The molecule has 1 aromatic rings. The van der Waals surface area contributed by atoms with Crippen molar-refractivity contribution in [1.82, 2.24) is 0 Å². The van der Waals surface area contributed by atoms with Crippen LogP contribution < -0.4 is 0 Å². The first-order valence-corrected chi connectivity index (χ1v) is 8.82. The Labute approximate surface area is 116 Å². The number of hydrogen-bond acceptors (Lipinski definition) is 3. The number of fused-ring (bicyclic) bond motifs is 1. The summed E-state index contributed by atoms with van der Waals surface area (Å²) in [6.45, 7) is 1.37. The smallest absolute Gasteiger partial charge is 0.179 e. The van der Waals surface area contributed by atoms with Crippen LogP contribution in [0.1, 0.15) is 17.9 Å². The van der Waals surface area contributed by atoms with Crippen LogP contribution in [0.25, 0.3) is 0 Å². The van der Waals surface area contributed by atoms with Gasteiger partial charge in [0.15, 0.2) is 9.84 Å². The van der Waals surface area contributed by atoms with Crippen LogP contribution in [-0.4, -0.2) is 32.7 Å². The minimum Gasteiger partial charge on any atom is -0.381 e. The average Bonchev–Trinajstić information content (AvgIpc) is 2.94. The van der Waals surface area contributed by atoms with Crippen molar-refractivity contribution < 1.29 is 13.2 Å². The van der Waals surface area contributed by atoms with Crippen molar-refractivity contribution in [2.75, 3.05) is 24.3 Å². The van der Waals surface area contributed by atoms with Gasteiger partial charge in [0, 0.05) is 23.3 Å². The highest BCUT2D eigenvalue weighted by Gasteiger charge is 2.49. The van der Waals surface area contributed by atoms with E-state index in [0.717, 1.165) is 23.9 Å². The number of hydrogen-bond donors (Lipinski definition) is 0. The minimum atomic E-state index is -3.12. The third kappa shape index (κ3) is 1.75. The topological polar surface area (TPSA) is 43.4 Å². The first-order chi connectivity index (χ1) is 8.59. The quantitative estimate of drug-likeness (QED) is 0.782. The second-order valence-electron chi connectivity index (χ2n) is 5.17. The molecule has 1 fully saturated rings. The number of ether oxygens (including phenoxy) is 1. The highest BCUT2D eigenvalue weighted by molar-refractivity contribution is 9.09. The molecule has 18 heavy (non-hydrogen) atoms. The molecular weight excluding hydrogens is 316 g/mol. The molecule has 0 saturated carbocycles. The molecule has 98 valence electrons. The van der Waals surface area contributed by atoms with E-state index in [2.05, 4.69) is 15.9 Å². The zero-order chi connectivity index (χ0) is 12.8. The first kappa shape index (κ1) is 12.6. The maximum Gasteiger partial charge on any atom is 0.179 e. The van der Waals surface area contributed by atoms with Crippen molar-refractivity contribution in [3.05, 3.63) is 29.8 Å². The summed E-state index contributed by atoms with van der Waals surface area (Å²) in [6, 6.07) is 7.39. The Morgan fingerprint density at radius 3 is 2.83 bits per heavy atom. The van der Waals surface area contributed by atoms with Crippen LogP contribution in [0.15, 0.2) is 29.2 Å². The summed E-state index contributed by atoms with van der Waals surface area (Å²) >= 11 is 3.56. The van der Waals surface area contributed by atoms with E-state index in [4.69, 9.17) is 4.74 Å². The van der Waals surface area contributed by atoms with E-state index >= 15 is 0 Å². The monoisotopic (exact) mass is 330 g/mol. The van der Waals surface area contributed by atoms with Crippen molar-refractivity contribution in [2.45, 2.75) is 17.2 Å². The molecule has 0 amide bonds. The van der Waals surface area contributed by atoms with Gasteiger partial charge in [-0.15, -0.1) is 0 Å². The van der Waals surface area contributed by atoms with E-state index in [9.17, 15) is 8.42 Å². The van der Waals surface area contributed by atoms with Crippen LogP contribution in [0, 0.1) is 5.41 Å². The molecule has 3 nitrogen and oxygen atoms in total. The van der Waals surface area contributed by atoms with Gasteiger partial charge in [0.2, 0.25) is 0 Å². The van der Waals surface area contributed by atoms with Crippen LogP contribution >= 0.6 is 15.9 Å². The van der Waals surface area contributed by atoms with Crippen molar-refractivity contribution in [3.63, 3.8) is 0 Å². The highest BCUT2D eigenvalue weighted by atomic mass is 79.9. The Hall–Kier alpha value is -0.390. The average molecular weight is 331 g/mol. The largest absolute Gasteiger partial charge is 0.381 e. The summed E-state index contributed by atoms with van der Waals surface area (Å²) in [5, 5.41) is 0.786. The van der Waals surface area contributed by atoms with Crippen molar-refractivity contribution in [3.8, 4) is 0 Å². The second kappa shape index (κ2) is 4.32. The van der Waals surface area contributed by atoms with E-state index in [1.807, 2.05) is 12.1 Å². The fraction of sp³-hybridized carbons (Fsp3) is 0.538. The predicted molar refractivity (Wildman–Crippen MR) is 72.9 cm³/mol. The number of halogens is 1. The maximum atomic E-state index is 12.2. The van der Waals surface area contributed by atoms with Gasteiger partial charge in [0.25, 0.3) is 0 Å². The summed E-state index contributed by atoms with van der Waals surface area (Å²) in [5.41, 5.74) is 0.905. The Bertz CT molecular complexity index is 561. The number of rotatable bonds is 2. The van der Waals surface area contributed by atoms with E-state index in [1.54, 1.807) is 12.1 Å². The first-order valence-electron chi connectivity index (χ1n) is 6.04. The molecule has 2 heterocycles. The van der Waals surface area contributed by atoms with Crippen LogP contribution in [0.2, 0.25) is 0 Å². The molecular formula is C13H15BrO3S. The Morgan fingerprint density at radius 2 is 2.17 bits per heavy atom. The molecule has 0 bridgehead atoms. The Morgan fingerprint density at radius 1 is 1.39 bits per heavy atom. The molecule has 1 saturated heterocycles. The van der Waals surface area contributed by atoms with E-state index in [-0.39, 0.29) is 17.1 Å². The maximum absolute atomic E-state index is 12.2. The van der Waals surface area contributed by atoms with Gasteiger partial charge in [-0.3, -0.25) is 0 Å². The van der Waals surface area contributed by atoms with E-state index in [1.165, 1.54) is 0 Å². The fourth-order valence-corrected chi connectivity index (χ4v) is 5.89. The third-order valence-electron chi connectivity index (χ3n) is 4.15. The molecule has 0 aliphatic carbocycles.